The Morgan fingerprint density at radius 1 is 0.875 bits per heavy atom. The lowest BCUT2D eigenvalue weighted by Gasteiger charge is -2.13. The summed E-state index contributed by atoms with van der Waals surface area (Å²) in [7, 11) is -0.755. The highest BCUT2D eigenvalue weighted by molar-refractivity contribution is 7.92. The molecule has 0 aromatic heterocycles. The number of sulfonamides is 1. The highest BCUT2D eigenvalue weighted by Crippen LogP contribution is 2.30. The van der Waals surface area contributed by atoms with Gasteiger partial charge in [-0.2, -0.15) is 0 Å². The third kappa shape index (κ3) is 4.32. The molecule has 2 aromatic rings. The molecule has 0 unspecified atom stereocenters. The summed E-state index contributed by atoms with van der Waals surface area (Å²) in [4.78, 5) is 0.101. The minimum atomic E-state index is -3.71. The lowest BCUT2D eigenvalue weighted by Crippen LogP contribution is -2.13. The van der Waals surface area contributed by atoms with Crippen LogP contribution < -0.4 is 19.5 Å². The first-order chi connectivity index (χ1) is 11.4. The summed E-state index contributed by atoms with van der Waals surface area (Å²) < 4.78 is 37.8. The summed E-state index contributed by atoms with van der Waals surface area (Å²) in [5.41, 5.74) is 1.41. The van der Waals surface area contributed by atoms with Crippen molar-refractivity contribution in [2.45, 2.75) is 24.8 Å². The number of benzene rings is 2. The van der Waals surface area contributed by atoms with Crippen LogP contribution in [0.5, 0.6) is 11.5 Å². The molecule has 130 valence electrons. The third-order valence-corrected chi connectivity index (χ3v) is 4.64. The largest absolute Gasteiger partial charge is 0.493 e. The summed E-state index contributed by atoms with van der Waals surface area (Å²) in [6, 6.07) is 11.8. The van der Waals surface area contributed by atoms with E-state index in [9.17, 15) is 8.42 Å². The van der Waals surface area contributed by atoms with E-state index >= 15 is 0 Å². The first kappa shape index (κ1) is 17.9. The van der Waals surface area contributed by atoms with E-state index in [1.807, 2.05) is 26.0 Å². The number of hydrogen-bond donors (Lipinski definition) is 2. The number of methoxy groups -OCH3 is 2. The molecule has 0 amide bonds. The van der Waals surface area contributed by atoms with Gasteiger partial charge in [0, 0.05) is 23.5 Å². The van der Waals surface area contributed by atoms with Crippen LogP contribution in [0, 0.1) is 0 Å². The Kier molecular flexibility index (Phi) is 5.56. The van der Waals surface area contributed by atoms with E-state index in [0.717, 1.165) is 5.69 Å². The van der Waals surface area contributed by atoms with E-state index in [1.165, 1.54) is 26.4 Å². The minimum Gasteiger partial charge on any atom is -0.493 e. The number of ether oxygens (including phenoxy) is 2. The molecule has 0 saturated carbocycles. The summed E-state index contributed by atoms with van der Waals surface area (Å²) in [5.74, 6) is 0.831. The molecule has 0 saturated heterocycles. The predicted octanol–water partition coefficient (Wildman–Crippen LogP) is 3.32. The highest BCUT2D eigenvalue weighted by Gasteiger charge is 2.17. The van der Waals surface area contributed by atoms with E-state index in [0.29, 0.717) is 23.2 Å². The van der Waals surface area contributed by atoms with Crippen molar-refractivity contribution in [3.05, 3.63) is 42.5 Å². The normalized spacial score (nSPS) is 11.2. The minimum absolute atomic E-state index is 0.101. The van der Waals surface area contributed by atoms with Crippen molar-refractivity contribution in [2.75, 3.05) is 24.3 Å². The van der Waals surface area contributed by atoms with Gasteiger partial charge >= 0.3 is 0 Å². The molecule has 0 fully saturated rings. The quantitative estimate of drug-likeness (QED) is 0.801. The van der Waals surface area contributed by atoms with Gasteiger partial charge in [-0.3, -0.25) is 4.72 Å². The van der Waals surface area contributed by atoms with Crippen molar-refractivity contribution in [2.24, 2.45) is 0 Å². The van der Waals surface area contributed by atoms with Crippen molar-refractivity contribution < 1.29 is 17.9 Å². The molecule has 6 nitrogen and oxygen atoms in total. The highest BCUT2D eigenvalue weighted by atomic mass is 32.2. The van der Waals surface area contributed by atoms with Gasteiger partial charge in [0.05, 0.1) is 19.1 Å². The maximum Gasteiger partial charge on any atom is 0.262 e. The average molecular weight is 350 g/mol. The summed E-state index contributed by atoms with van der Waals surface area (Å²) >= 11 is 0. The van der Waals surface area contributed by atoms with Crippen LogP contribution in [-0.2, 0) is 10.0 Å². The lowest BCUT2D eigenvalue weighted by molar-refractivity contribution is 0.354. The molecule has 24 heavy (non-hydrogen) atoms. The van der Waals surface area contributed by atoms with Gasteiger partial charge in [0.25, 0.3) is 10.0 Å². The number of nitrogens with one attached hydrogen (secondary N) is 2. The molecule has 0 aliphatic carbocycles. The molecule has 0 atom stereocenters. The van der Waals surface area contributed by atoms with Gasteiger partial charge in [-0.05, 0) is 50.2 Å². The Balaban J connectivity index is 2.22. The van der Waals surface area contributed by atoms with Crippen LogP contribution >= 0.6 is 0 Å². The molecule has 2 rings (SSSR count). The fraction of sp³-hybridized carbons (Fsp3) is 0.294. The van der Waals surface area contributed by atoms with Crippen LogP contribution in [0.1, 0.15) is 13.8 Å². The predicted molar refractivity (Wildman–Crippen MR) is 95.6 cm³/mol. The summed E-state index contributed by atoms with van der Waals surface area (Å²) in [6.45, 7) is 4.07. The monoisotopic (exact) mass is 350 g/mol. The molecule has 2 N–H and O–H groups in total. The topological polar surface area (TPSA) is 76.7 Å². The van der Waals surface area contributed by atoms with E-state index in [4.69, 9.17) is 9.47 Å². The second-order valence-corrected chi connectivity index (χ2v) is 7.18. The number of rotatable bonds is 7. The maximum atomic E-state index is 12.5. The van der Waals surface area contributed by atoms with Gasteiger partial charge < -0.3 is 14.8 Å². The zero-order chi connectivity index (χ0) is 17.7. The van der Waals surface area contributed by atoms with Crippen molar-refractivity contribution in [3.8, 4) is 11.5 Å². The van der Waals surface area contributed by atoms with Crippen molar-refractivity contribution >= 4 is 21.4 Å². The van der Waals surface area contributed by atoms with Crippen LogP contribution in [-0.4, -0.2) is 28.7 Å². The average Bonchev–Trinajstić information content (AvgIpc) is 2.55. The van der Waals surface area contributed by atoms with Crippen molar-refractivity contribution in [1.82, 2.24) is 0 Å². The second kappa shape index (κ2) is 7.44. The lowest BCUT2D eigenvalue weighted by atomic mass is 10.2. The first-order valence-corrected chi connectivity index (χ1v) is 8.95. The van der Waals surface area contributed by atoms with Crippen LogP contribution in [0.4, 0.5) is 11.4 Å². The number of anilines is 2. The molecule has 0 spiro atoms. The van der Waals surface area contributed by atoms with E-state index in [2.05, 4.69) is 10.0 Å². The Labute approximate surface area is 142 Å². The fourth-order valence-corrected chi connectivity index (χ4v) is 3.24. The molecule has 0 bridgehead atoms. The Hall–Kier alpha value is -2.41. The smallest absolute Gasteiger partial charge is 0.262 e. The van der Waals surface area contributed by atoms with Gasteiger partial charge in [-0.1, -0.05) is 0 Å². The fourth-order valence-electron chi connectivity index (χ4n) is 2.17. The molecular weight excluding hydrogens is 328 g/mol. The summed E-state index contributed by atoms with van der Waals surface area (Å²) in [6.07, 6.45) is 0. The van der Waals surface area contributed by atoms with Gasteiger partial charge in [0.2, 0.25) is 0 Å². The van der Waals surface area contributed by atoms with Crippen LogP contribution in [0.3, 0.4) is 0 Å². The first-order valence-electron chi connectivity index (χ1n) is 7.47. The molecule has 0 aliphatic rings. The molecule has 2 aromatic carbocycles. The van der Waals surface area contributed by atoms with Gasteiger partial charge in [0.15, 0.2) is 11.5 Å². The molecule has 0 aliphatic heterocycles. The zero-order valence-electron chi connectivity index (χ0n) is 14.2. The Morgan fingerprint density at radius 3 is 2.00 bits per heavy atom. The molecular formula is C17H22N2O4S. The molecule has 0 radical (unpaired) electrons. The standard InChI is InChI=1S/C17H22N2O4S/c1-12(2)18-13-5-7-14(8-6-13)19-24(20,21)15-9-10-16(22-3)17(11-15)23-4/h5-12,18-19H,1-4H3. The van der Waals surface area contributed by atoms with Crippen LogP contribution in [0.15, 0.2) is 47.4 Å². The summed E-state index contributed by atoms with van der Waals surface area (Å²) in [5, 5.41) is 3.25. The SMILES string of the molecule is COc1ccc(S(=O)(=O)Nc2ccc(NC(C)C)cc2)cc1OC. The maximum absolute atomic E-state index is 12.5. The van der Waals surface area contributed by atoms with Gasteiger partial charge in [-0.25, -0.2) is 8.42 Å². The Morgan fingerprint density at radius 2 is 1.46 bits per heavy atom. The van der Waals surface area contributed by atoms with E-state index in [1.54, 1.807) is 18.2 Å². The van der Waals surface area contributed by atoms with E-state index in [-0.39, 0.29) is 4.90 Å². The zero-order valence-corrected chi connectivity index (χ0v) is 15.0. The van der Waals surface area contributed by atoms with Gasteiger partial charge in [-0.15, -0.1) is 0 Å². The molecule has 7 heteroatoms. The van der Waals surface area contributed by atoms with Crippen molar-refractivity contribution in [3.63, 3.8) is 0 Å². The second-order valence-electron chi connectivity index (χ2n) is 5.50. The molecule has 0 heterocycles. The Bertz CT molecular complexity index is 787. The van der Waals surface area contributed by atoms with Crippen molar-refractivity contribution in [1.29, 1.82) is 0 Å². The number of hydrogen-bond acceptors (Lipinski definition) is 5. The van der Waals surface area contributed by atoms with Gasteiger partial charge in [0.1, 0.15) is 0 Å². The van der Waals surface area contributed by atoms with E-state index < -0.39 is 10.0 Å². The van der Waals surface area contributed by atoms with Crippen LogP contribution in [0.25, 0.3) is 0 Å². The third-order valence-electron chi connectivity index (χ3n) is 3.26. The van der Waals surface area contributed by atoms with Crippen LogP contribution in [0.2, 0.25) is 0 Å².